The Bertz CT molecular complexity index is 649. The van der Waals surface area contributed by atoms with Gasteiger partial charge < -0.3 is 9.84 Å². The third-order valence-corrected chi connectivity index (χ3v) is 9.61. The van der Waals surface area contributed by atoms with E-state index in [4.69, 9.17) is 9.84 Å². The van der Waals surface area contributed by atoms with Crippen LogP contribution in [-0.4, -0.2) is 34.8 Å². The molecule has 0 unspecified atom stereocenters. The van der Waals surface area contributed by atoms with E-state index in [9.17, 15) is 4.79 Å². The summed E-state index contributed by atoms with van der Waals surface area (Å²) in [6, 6.07) is 0. The SMILES string of the molecule is CCC(CSC[C@H]1[C@@H](C/C=C\CCCC(=O)O)[C@H]2CC[C@H]1O2)=C(C)CCCC1CCCCC1. The Labute approximate surface area is 207 Å². The molecule has 3 nitrogen and oxygen atoms in total. The molecule has 3 aliphatic rings. The fourth-order valence-electron chi connectivity index (χ4n) is 6.32. The molecule has 33 heavy (non-hydrogen) atoms. The number of thioether (sulfide) groups is 1. The summed E-state index contributed by atoms with van der Waals surface area (Å²) >= 11 is 2.14. The van der Waals surface area contributed by atoms with Crippen LogP contribution < -0.4 is 0 Å². The van der Waals surface area contributed by atoms with Crippen LogP contribution in [0.25, 0.3) is 0 Å². The summed E-state index contributed by atoms with van der Waals surface area (Å²) in [5, 5.41) is 8.77. The minimum Gasteiger partial charge on any atom is -0.481 e. The van der Waals surface area contributed by atoms with Gasteiger partial charge in [0.15, 0.2) is 0 Å². The number of fused-ring (bicyclic) bond motifs is 2. The van der Waals surface area contributed by atoms with E-state index in [2.05, 4.69) is 37.8 Å². The van der Waals surface area contributed by atoms with Crippen LogP contribution in [0.15, 0.2) is 23.3 Å². The first-order valence-corrected chi connectivity index (χ1v) is 15.0. The molecule has 0 spiro atoms. The summed E-state index contributed by atoms with van der Waals surface area (Å²) in [6.07, 6.45) is 23.5. The molecule has 0 radical (unpaired) electrons. The second-order valence-corrected chi connectivity index (χ2v) is 11.8. The molecule has 1 aliphatic carbocycles. The van der Waals surface area contributed by atoms with E-state index in [1.54, 1.807) is 11.1 Å². The lowest BCUT2D eigenvalue weighted by atomic mass is 9.78. The van der Waals surface area contributed by atoms with Crippen molar-refractivity contribution in [1.29, 1.82) is 0 Å². The summed E-state index contributed by atoms with van der Waals surface area (Å²) in [7, 11) is 0. The third kappa shape index (κ3) is 8.76. The summed E-state index contributed by atoms with van der Waals surface area (Å²) in [5.74, 6) is 4.06. The third-order valence-electron chi connectivity index (χ3n) is 8.43. The van der Waals surface area contributed by atoms with Gasteiger partial charge in [0.1, 0.15) is 0 Å². The highest BCUT2D eigenvalue weighted by molar-refractivity contribution is 7.99. The minimum atomic E-state index is -0.693. The number of carboxylic acid groups (broad SMARTS) is 1. The number of hydrogen-bond acceptors (Lipinski definition) is 3. The molecule has 0 amide bonds. The molecule has 2 bridgehead atoms. The van der Waals surface area contributed by atoms with Gasteiger partial charge in [-0.05, 0) is 81.8 Å². The molecule has 4 atom stereocenters. The van der Waals surface area contributed by atoms with Crippen LogP contribution in [0.4, 0.5) is 0 Å². The second-order valence-electron chi connectivity index (χ2n) is 10.8. The number of allylic oxidation sites excluding steroid dienone is 3. The van der Waals surface area contributed by atoms with Crippen molar-refractivity contribution in [3.8, 4) is 0 Å². The Balaban J connectivity index is 1.39. The number of aliphatic carboxylic acids is 1. The second kappa shape index (κ2) is 14.6. The van der Waals surface area contributed by atoms with Gasteiger partial charge >= 0.3 is 5.97 Å². The summed E-state index contributed by atoms with van der Waals surface area (Å²) < 4.78 is 6.31. The van der Waals surface area contributed by atoms with Gasteiger partial charge in [-0.15, -0.1) is 0 Å². The maximum absolute atomic E-state index is 10.7. The van der Waals surface area contributed by atoms with Crippen LogP contribution in [0.2, 0.25) is 0 Å². The minimum absolute atomic E-state index is 0.272. The van der Waals surface area contributed by atoms with E-state index >= 15 is 0 Å². The van der Waals surface area contributed by atoms with Crippen LogP contribution >= 0.6 is 11.8 Å². The van der Waals surface area contributed by atoms with Gasteiger partial charge in [-0.2, -0.15) is 11.8 Å². The highest BCUT2D eigenvalue weighted by Crippen LogP contribution is 2.46. The fraction of sp³-hybridized carbons (Fsp3) is 0.828. The van der Waals surface area contributed by atoms with E-state index in [1.807, 2.05) is 0 Å². The van der Waals surface area contributed by atoms with Gasteiger partial charge in [0.25, 0.3) is 0 Å². The molecule has 0 aromatic carbocycles. The number of ether oxygens (including phenoxy) is 1. The van der Waals surface area contributed by atoms with Crippen LogP contribution in [0.1, 0.15) is 110 Å². The highest BCUT2D eigenvalue weighted by atomic mass is 32.2. The topological polar surface area (TPSA) is 46.5 Å². The van der Waals surface area contributed by atoms with Gasteiger partial charge in [0.2, 0.25) is 0 Å². The first-order valence-electron chi connectivity index (χ1n) is 13.9. The zero-order valence-corrected chi connectivity index (χ0v) is 22.1. The lowest BCUT2D eigenvalue weighted by molar-refractivity contribution is -0.137. The predicted molar refractivity (Wildman–Crippen MR) is 141 cm³/mol. The molecule has 2 aliphatic heterocycles. The number of carbonyl (C=O) groups is 1. The normalized spacial score (nSPS) is 28.5. The largest absolute Gasteiger partial charge is 0.481 e. The van der Waals surface area contributed by atoms with Crippen molar-refractivity contribution in [2.24, 2.45) is 17.8 Å². The average Bonchev–Trinajstić information content (AvgIpc) is 3.41. The zero-order chi connectivity index (χ0) is 23.5. The van der Waals surface area contributed by atoms with Gasteiger partial charge in [-0.25, -0.2) is 0 Å². The molecule has 0 aromatic rings. The van der Waals surface area contributed by atoms with Crippen molar-refractivity contribution < 1.29 is 14.6 Å². The Morgan fingerprint density at radius 1 is 1.00 bits per heavy atom. The van der Waals surface area contributed by atoms with Crippen molar-refractivity contribution in [2.75, 3.05) is 11.5 Å². The summed E-state index contributed by atoms with van der Waals surface area (Å²) in [6.45, 7) is 4.72. The van der Waals surface area contributed by atoms with Gasteiger partial charge in [0.05, 0.1) is 12.2 Å². The fourth-order valence-corrected chi connectivity index (χ4v) is 7.87. The van der Waals surface area contributed by atoms with E-state index < -0.39 is 5.97 Å². The Kier molecular flexibility index (Phi) is 11.9. The standard InChI is InChI=1S/C29H48O3S/c1-3-24(22(2)12-11-15-23-13-7-6-8-14-23)20-33-21-26-25(27-18-19-28(26)32-27)16-9-4-5-10-17-29(30)31/h4,9,23,25-28H,3,5-8,10-21H2,1-2H3,(H,30,31)/b9-4-,24-22?/t25-,26+,27-,28-/m1/s1. The molecule has 2 heterocycles. The molecule has 1 N–H and O–H groups in total. The smallest absolute Gasteiger partial charge is 0.303 e. The average molecular weight is 477 g/mol. The van der Waals surface area contributed by atoms with Crippen molar-refractivity contribution in [3.63, 3.8) is 0 Å². The summed E-state index contributed by atoms with van der Waals surface area (Å²) in [5.41, 5.74) is 3.34. The number of carboxylic acids is 1. The van der Waals surface area contributed by atoms with Crippen LogP contribution in [0.3, 0.4) is 0 Å². The number of unbranched alkanes of at least 4 members (excludes halogenated alkanes) is 1. The maximum atomic E-state index is 10.7. The van der Waals surface area contributed by atoms with Crippen LogP contribution in [-0.2, 0) is 9.53 Å². The lowest BCUT2D eigenvalue weighted by Gasteiger charge is -2.27. The monoisotopic (exact) mass is 476 g/mol. The Morgan fingerprint density at radius 3 is 2.48 bits per heavy atom. The molecule has 2 saturated heterocycles. The highest BCUT2D eigenvalue weighted by Gasteiger charge is 2.47. The molecule has 4 heteroatoms. The Morgan fingerprint density at radius 2 is 1.76 bits per heavy atom. The summed E-state index contributed by atoms with van der Waals surface area (Å²) in [4.78, 5) is 10.7. The lowest BCUT2D eigenvalue weighted by Crippen LogP contribution is -2.28. The van der Waals surface area contributed by atoms with Gasteiger partial charge in [0, 0.05) is 12.2 Å². The van der Waals surface area contributed by atoms with Gasteiger partial charge in [-0.3, -0.25) is 4.79 Å². The van der Waals surface area contributed by atoms with E-state index in [0.29, 0.717) is 24.0 Å². The molecule has 188 valence electrons. The molecular formula is C29H48O3S. The predicted octanol–water partition coefficient (Wildman–Crippen LogP) is 8.19. The van der Waals surface area contributed by atoms with E-state index in [-0.39, 0.29) is 6.42 Å². The van der Waals surface area contributed by atoms with Gasteiger partial charge in [-0.1, -0.05) is 68.7 Å². The van der Waals surface area contributed by atoms with Crippen molar-refractivity contribution in [2.45, 2.75) is 122 Å². The number of hydrogen-bond donors (Lipinski definition) is 1. The molecule has 1 saturated carbocycles. The van der Waals surface area contributed by atoms with E-state index in [0.717, 1.165) is 25.2 Å². The van der Waals surface area contributed by atoms with Crippen molar-refractivity contribution >= 4 is 17.7 Å². The molecule has 0 aromatic heterocycles. The molecular weight excluding hydrogens is 428 g/mol. The quantitative estimate of drug-likeness (QED) is 0.191. The van der Waals surface area contributed by atoms with E-state index in [1.165, 1.54) is 82.1 Å². The molecule has 3 rings (SSSR count). The van der Waals surface area contributed by atoms with Crippen LogP contribution in [0.5, 0.6) is 0 Å². The number of rotatable bonds is 15. The molecule has 3 fully saturated rings. The Hall–Kier alpha value is -0.740. The van der Waals surface area contributed by atoms with Crippen LogP contribution in [0, 0.1) is 17.8 Å². The van der Waals surface area contributed by atoms with Crippen molar-refractivity contribution in [3.05, 3.63) is 23.3 Å². The zero-order valence-electron chi connectivity index (χ0n) is 21.2. The maximum Gasteiger partial charge on any atom is 0.303 e. The first-order chi connectivity index (χ1) is 16.1. The first kappa shape index (κ1) is 26.9. The van der Waals surface area contributed by atoms with Crippen molar-refractivity contribution in [1.82, 2.24) is 0 Å².